The van der Waals surface area contributed by atoms with Crippen LogP contribution >= 0.6 is 0 Å². The number of fused-ring (bicyclic) bond motifs is 3. The van der Waals surface area contributed by atoms with Crippen LogP contribution in [0, 0.1) is 0 Å². The Labute approximate surface area is 93.4 Å². The smallest absolute Gasteiger partial charge is 0.144 e. The molecule has 0 aliphatic carbocycles. The summed E-state index contributed by atoms with van der Waals surface area (Å²) in [6, 6.07) is 0.999. The lowest BCUT2D eigenvalue weighted by molar-refractivity contribution is -1.09. The molecule has 86 valence electrons. The average Bonchev–Trinajstić information content (AvgIpc) is 2.67. The van der Waals surface area contributed by atoms with Crippen molar-refractivity contribution in [2.75, 3.05) is 66.5 Å². The van der Waals surface area contributed by atoms with Gasteiger partial charge in [-0.2, -0.15) is 0 Å². The maximum Gasteiger partial charge on any atom is 0.144 e. The number of rotatable bonds is 1. The molecule has 2 bridgehead atoms. The Hall–Kier alpha value is -0.120. The summed E-state index contributed by atoms with van der Waals surface area (Å²) in [5, 5.41) is 0. The minimum Gasteiger partial charge on any atom is -0.332 e. The first kappa shape index (κ1) is 10.1. The van der Waals surface area contributed by atoms with E-state index >= 15 is 0 Å². The summed E-state index contributed by atoms with van der Waals surface area (Å²) in [7, 11) is 4.82. The molecule has 4 aliphatic rings. The van der Waals surface area contributed by atoms with E-state index in [-0.39, 0.29) is 0 Å². The summed E-state index contributed by atoms with van der Waals surface area (Å²) < 4.78 is 2.86. The normalized spacial score (nSPS) is 54.8. The molecule has 1 N–H and O–H groups in total. The molecule has 0 aromatic rings. The number of hydrogen-bond acceptors (Lipinski definition) is 0. The van der Waals surface area contributed by atoms with Crippen LogP contribution in [0.2, 0.25) is 0 Å². The summed E-state index contributed by atoms with van der Waals surface area (Å²) in [4.78, 5) is 1.76. The van der Waals surface area contributed by atoms with Crippen molar-refractivity contribution in [3.8, 4) is 0 Å². The van der Waals surface area contributed by atoms with Gasteiger partial charge in [0, 0.05) is 0 Å². The third kappa shape index (κ3) is 1.52. The van der Waals surface area contributed by atoms with Gasteiger partial charge in [-0.25, -0.2) is 0 Å². The van der Waals surface area contributed by atoms with Crippen LogP contribution < -0.4 is 4.90 Å². The molecule has 0 amide bonds. The molecular formula is C12H26N3+3. The highest BCUT2D eigenvalue weighted by molar-refractivity contribution is 4.70. The van der Waals surface area contributed by atoms with Gasteiger partial charge in [-0.1, -0.05) is 0 Å². The number of quaternary nitrogens is 3. The fourth-order valence-corrected chi connectivity index (χ4v) is 4.03. The molecule has 2 unspecified atom stereocenters. The van der Waals surface area contributed by atoms with Crippen molar-refractivity contribution in [3.05, 3.63) is 0 Å². The first-order valence-corrected chi connectivity index (χ1v) is 6.63. The van der Waals surface area contributed by atoms with Crippen molar-refractivity contribution in [3.63, 3.8) is 0 Å². The molecule has 3 nitrogen and oxygen atoms in total. The number of nitrogens with one attached hydrogen (secondary N) is 1. The fourth-order valence-electron chi connectivity index (χ4n) is 4.03. The lowest BCUT2D eigenvalue weighted by atomic mass is 10.0. The molecule has 0 spiro atoms. The van der Waals surface area contributed by atoms with Crippen molar-refractivity contribution in [1.82, 2.24) is 0 Å². The molecule has 4 aliphatic heterocycles. The number of piperazine rings is 3. The predicted molar refractivity (Wildman–Crippen MR) is 60.7 cm³/mol. The van der Waals surface area contributed by atoms with E-state index in [0.717, 1.165) is 6.04 Å². The van der Waals surface area contributed by atoms with Crippen LogP contribution in [-0.4, -0.2) is 81.5 Å². The zero-order valence-electron chi connectivity index (χ0n) is 10.3. The maximum absolute atomic E-state index is 2.46. The Bertz CT molecular complexity index is 239. The molecule has 4 heterocycles. The van der Waals surface area contributed by atoms with Crippen LogP contribution in [0.3, 0.4) is 0 Å². The lowest BCUT2D eigenvalue weighted by Gasteiger charge is -2.55. The molecule has 0 saturated carbocycles. The van der Waals surface area contributed by atoms with Crippen molar-refractivity contribution in [2.45, 2.75) is 12.5 Å². The van der Waals surface area contributed by atoms with E-state index in [2.05, 4.69) is 14.1 Å². The van der Waals surface area contributed by atoms with Crippen LogP contribution in [0.25, 0.3) is 0 Å². The lowest BCUT2D eigenvalue weighted by Crippen LogP contribution is -3.07. The maximum atomic E-state index is 2.46. The monoisotopic (exact) mass is 212 g/mol. The molecular weight excluding hydrogens is 186 g/mol. The molecule has 2 atom stereocenters. The van der Waals surface area contributed by atoms with E-state index in [0.29, 0.717) is 0 Å². The number of likely N-dealkylation sites (N-methyl/N-ethyl adjacent to an activating group) is 2. The minimum atomic E-state index is 0.999. The molecule has 0 aromatic carbocycles. The van der Waals surface area contributed by atoms with Gasteiger partial charge in [-0.3, -0.25) is 0 Å². The minimum absolute atomic E-state index is 0.999. The Morgan fingerprint density at radius 3 is 2.07 bits per heavy atom. The fraction of sp³-hybridized carbons (Fsp3) is 1.00. The predicted octanol–water partition coefficient (Wildman–Crippen LogP) is -1.44. The van der Waals surface area contributed by atoms with Gasteiger partial charge in [-0.15, -0.1) is 0 Å². The number of hydrogen-bond donors (Lipinski definition) is 1. The van der Waals surface area contributed by atoms with Gasteiger partial charge >= 0.3 is 0 Å². The second-order valence-electron chi connectivity index (χ2n) is 6.53. The van der Waals surface area contributed by atoms with E-state index in [1.165, 1.54) is 67.7 Å². The van der Waals surface area contributed by atoms with Gasteiger partial charge < -0.3 is 13.9 Å². The summed E-state index contributed by atoms with van der Waals surface area (Å²) in [6.45, 7) is 11.6. The molecule has 0 radical (unpaired) electrons. The first-order valence-electron chi connectivity index (χ1n) is 6.63. The summed E-state index contributed by atoms with van der Waals surface area (Å²) in [6.07, 6.45) is 1.48. The highest BCUT2D eigenvalue weighted by Gasteiger charge is 2.52. The first-order chi connectivity index (χ1) is 7.12. The number of likely N-dealkylation sites (tertiary alicyclic amines) is 1. The quantitative estimate of drug-likeness (QED) is 0.508. The Balaban J connectivity index is 1.75. The summed E-state index contributed by atoms with van der Waals surface area (Å²) in [5.74, 6) is 0. The van der Waals surface area contributed by atoms with E-state index < -0.39 is 0 Å². The van der Waals surface area contributed by atoms with Gasteiger partial charge in [0.2, 0.25) is 0 Å². The van der Waals surface area contributed by atoms with Gasteiger partial charge in [0.15, 0.2) is 0 Å². The number of nitrogens with zero attached hydrogens (tertiary/aromatic N) is 2. The zero-order valence-corrected chi connectivity index (χ0v) is 10.3. The Morgan fingerprint density at radius 1 is 1.00 bits per heavy atom. The summed E-state index contributed by atoms with van der Waals surface area (Å²) >= 11 is 0. The molecule has 4 fully saturated rings. The van der Waals surface area contributed by atoms with Crippen molar-refractivity contribution < 1.29 is 13.9 Å². The van der Waals surface area contributed by atoms with Gasteiger partial charge in [0.05, 0.1) is 27.1 Å². The van der Waals surface area contributed by atoms with Crippen LogP contribution in [0.15, 0.2) is 0 Å². The van der Waals surface area contributed by atoms with Gasteiger partial charge in [0.25, 0.3) is 0 Å². The summed E-state index contributed by atoms with van der Waals surface area (Å²) in [5.41, 5.74) is 0. The van der Waals surface area contributed by atoms with Gasteiger partial charge in [0.1, 0.15) is 51.9 Å². The van der Waals surface area contributed by atoms with E-state index in [1.54, 1.807) is 4.90 Å². The largest absolute Gasteiger partial charge is 0.332 e. The Kier molecular flexibility index (Phi) is 2.14. The molecule has 0 aromatic heterocycles. The molecule has 15 heavy (non-hydrogen) atoms. The third-order valence-electron chi connectivity index (χ3n) is 5.52. The SMILES string of the molecule is C[NH+]1CCC([N+]23CC[N+](C)(CC2)CC3)C1. The third-order valence-corrected chi connectivity index (χ3v) is 5.52. The molecule has 4 rings (SSSR count). The van der Waals surface area contributed by atoms with Crippen molar-refractivity contribution >= 4 is 0 Å². The van der Waals surface area contributed by atoms with Crippen LogP contribution in [0.4, 0.5) is 0 Å². The topological polar surface area (TPSA) is 4.44 Å². The molecule has 4 saturated heterocycles. The van der Waals surface area contributed by atoms with Crippen LogP contribution in [0.1, 0.15) is 6.42 Å². The van der Waals surface area contributed by atoms with Gasteiger partial charge in [-0.05, 0) is 0 Å². The van der Waals surface area contributed by atoms with Crippen molar-refractivity contribution in [1.29, 1.82) is 0 Å². The van der Waals surface area contributed by atoms with Crippen LogP contribution in [-0.2, 0) is 0 Å². The van der Waals surface area contributed by atoms with Crippen LogP contribution in [0.5, 0.6) is 0 Å². The molecule has 3 heteroatoms. The highest BCUT2D eigenvalue weighted by Crippen LogP contribution is 2.29. The van der Waals surface area contributed by atoms with E-state index in [9.17, 15) is 0 Å². The van der Waals surface area contributed by atoms with E-state index in [4.69, 9.17) is 0 Å². The standard InChI is InChI=1S/C12H25N3/c1-13-4-3-12(11-13)15-8-5-14(2,6-9-15)7-10-15/h12H,3-11H2,1-2H3/q+2/p+1. The zero-order chi connectivity index (χ0) is 10.5. The highest BCUT2D eigenvalue weighted by atomic mass is 15.5. The second-order valence-corrected chi connectivity index (χ2v) is 6.53. The van der Waals surface area contributed by atoms with Crippen molar-refractivity contribution in [2.24, 2.45) is 0 Å². The Morgan fingerprint density at radius 2 is 1.60 bits per heavy atom. The average molecular weight is 212 g/mol. The van der Waals surface area contributed by atoms with E-state index in [1.807, 2.05) is 0 Å². The second kappa shape index (κ2) is 3.19.